The van der Waals surface area contributed by atoms with Crippen LogP contribution in [0.1, 0.15) is 27.3 Å². The van der Waals surface area contributed by atoms with E-state index < -0.39 is 5.91 Å². The van der Waals surface area contributed by atoms with E-state index in [-0.39, 0.29) is 0 Å². The number of hydrogen-bond donors (Lipinski definition) is 2. The monoisotopic (exact) mass is 349 g/mol. The Bertz CT molecular complexity index is 954. The van der Waals surface area contributed by atoms with Crippen LogP contribution in [0, 0.1) is 17.8 Å². The molecule has 3 N–H and O–H groups in total. The van der Waals surface area contributed by atoms with Gasteiger partial charge in [0.25, 0.3) is 0 Å². The molecule has 0 aliphatic carbocycles. The highest BCUT2D eigenvalue weighted by molar-refractivity contribution is 6.31. The number of nitriles is 1. The minimum absolute atomic E-state index is 0.416. The highest BCUT2D eigenvalue weighted by Gasteiger charge is 2.13. The Morgan fingerprint density at radius 3 is 2.64 bits per heavy atom. The van der Waals surface area contributed by atoms with E-state index in [1.54, 1.807) is 36.4 Å². The van der Waals surface area contributed by atoms with Gasteiger partial charge in [-0.25, -0.2) is 4.98 Å². The number of rotatable bonds is 5. The lowest BCUT2D eigenvalue weighted by Gasteiger charge is -2.04. The summed E-state index contributed by atoms with van der Waals surface area (Å²) in [5.41, 5.74) is 8.71. The molecule has 0 bridgehead atoms. The molecule has 3 rings (SSSR count). The van der Waals surface area contributed by atoms with E-state index in [9.17, 15) is 4.79 Å². The van der Waals surface area contributed by atoms with Crippen LogP contribution >= 0.6 is 11.6 Å². The van der Waals surface area contributed by atoms with Gasteiger partial charge in [-0.2, -0.15) is 5.26 Å². The SMILES string of the molecule is N#Cc1ccc(-c2nc([CH]Cc3ccccc3C(N)=O)[nH]c2Cl)cc1. The van der Waals surface area contributed by atoms with E-state index in [0.717, 1.165) is 11.1 Å². The number of H-pyrrole nitrogens is 1. The summed E-state index contributed by atoms with van der Waals surface area (Å²) >= 11 is 6.24. The van der Waals surface area contributed by atoms with E-state index in [2.05, 4.69) is 16.0 Å². The highest BCUT2D eigenvalue weighted by Crippen LogP contribution is 2.26. The average molecular weight is 350 g/mol. The van der Waals surface area contributed by atoms with E-state index in [1.807, 2.05) is 18.6 Å². The number of carbonyl (C=O) groups excluding carboxylic acids is 1. The van der Waals surface area contributed by atoms with Crippen LogP contribution in [-0.4, -0.2) is 15.9 Å². The first-order valence-corrected chi connectivity index (χ1v) is 7.93. The summed E-state index contributed by atoms with van der Waals surface area (Å²) in [6.07, 6.45) is 2.34. The van der Waals surface area contributed by atoms with Crippen molar-refractivity contribution in [1.82, 2.24) is 9.97 Å². The minimum Gasteiger partial charge on any atom is -0.366 e. The molecule has 5 nitrogen and oxygen atoms in total. The summed E-state index contributed by atoms with van der Waals surface area (Å²) in [5, 5.41) is 9.28. The quantitative estimate of drug-likeness (QED) is 0.737. The molecule has 1 radical (unpaired) electrons. The van der Waals surface area contributed by atoms with Crippen molar-refractivity contribution in [2.45, 2.75) is 6.42 Å². The molecule has 1 aromatic heterocycles. The molecule has 0 atom stereocenters. The second-order valence-corrected chi connectivity index (χ2v) is 5.78. The number of benzene rings is 2. The lowest BCUT2D eigenvalue weighted by atomic mass is 10.0. The molecule has 2 aromatic carbocycles. The topological polar surface area (TPSA) is 95.6 Å². The van der Waals surface area contributed by atoms with Gasteiger partial charge < -0.3 is 10.7 Å². The molecule has 6 heteroatoms. The number of imidazole rings is 1. The number of hydrogen-bond acceptors (Lipinski definition) is 3. The van der Waals surface area contributed by atoms with Crippen molar-refractivity contribution in [3.63, 3.8) is 0 Å². The van der Waals surface area contributed by atoms with Crippen molar-refractivity contribution < 1.29 is 4.79 Å². The number of nitrogens with two attached hydrogens (primary N) is 1. The van der Waals surface area contributed by atoms with Gasteiger partial charge in [0.05, 0.1) is 11.6 Å². The normalized spacial score (nSPS) is 10.4. The van der Waals surface area contributed by atoms with E-state index in [0.29, 0.717) is 34.2 Å². The van der Waals surface area contributed by atoms with Crippen LogP contribution in [0.25, 0.3) is 11.3 Å². The molecule has 123 valence electrons. The van der Waals surface area contributed by atoms with Gasteiger partial charge in [-0.3, -0.25) is 4.79 Å². The number of halogens is 1. The molecule has 0 saturated heterocycles. The minimum atomic E-state index is -0.459. The van der Waals surface area contributed by atoms with Crippen molar-refractivity contribution in [2.75, 3.05) is 0 Å². The van der Waals surface area contributed by atoms with Crippen molar-refractivity contribution in [3.05, 3.63) is 82.6 Å². The van der Waals surface area contributed by atoms with Crippen LogP contribution in [-0.2, 0) is 6.42 Å². The summed E-state index contributed by atoms with van der Waals surface area (Å²) in [6.45, 7) is 0. The maximum Gasteiger partial charge on any atom is 0.248 e. The van der Waals surface area contributed by atoms with Crippen molar-refractivity contribution in [3.8, 4) is 17.3 Å². The van der Waals surface area contributed by atoms with Crippen LogP contribution < -0.4 is 5.73 Å². The second kappa shape index (κ2) is 7.20. The Labute approximate surface area is 150 Å². The molecule has 1 heterocycles. The Balaban J connectivity index is 1.79. The third-order valence-corrected chi connectivity index (χ3v) is 4.04. The number of amides is 1. The fourth-order valence-electron chi connectivity index (χ4n) is 2.51. The molecular formula is C19H14ClN4O. The lowest BCUT2D eigenvalue weighted by molar-refractivity contribution is 0.0999. The molecule has 0 aliphatic rings. The maximum atomic E-state index is 11.5. The Morgan fingerprint density at radius 2 is 1.96 bits per heavy atom. The van der Waals surface area contributed by atoms with Gasteiger partial charge >= 0.3 is 0 Å². The molecule has 1 amide bonds. The molecule has 0 aliphatic heterocycles. The number of carbonyl (C=O) groups is 1. The molecule has 0 saturated carbocycles. The fourth-order valence-corrected chi connectivity index (χ4v) is 2.75. The number of primary amides is 1. The van der Waals surface area contributed by atoms with Gasteiger partial charge in [0, 0.05) is 17.5 Å². The predicted molar refractivity (Wildman–Crippen MR) is 95.8 cm³/mol. The van der Waals surface area contributed by atoms with Gasteiger partial charge in [0.2, 0.25) is 5.91 Å². The van der Waals surface area contributed by atoms with Gasteiger partial charge in [-0.15, -0.1) is 0 Å². The molecule has 25 heavy (non-hydrogen) atoms. The summed E-state index contributed by atoms with van der Waals surface area (Å²) in [5.74, 6) is 0.142. The lowest BCUT2D eigenvalue weighted by Crippen LogP contribution is -2.13. The van der Waals surface area contributed by atoms with Gasteiger partial charge in [0.15, 0.2) is 0 Å². The van der Waals surface area contributed by atoms with Crippen LogP contribution in [0.15, 0.2) is 48.5 Å². The van der Waals surface area contributed by atoms with E-state index >= 15 is 0 Å². The largest absolute Gasteiger partial charge is 0.366 e. The van der Waals surface area contributed by atoms with Crippen LogP contribution in [0.4, 0.5) is 0 Å². The zero-order valence-corrected chi connectivity index (χ0v) is 13.9. The Kier molecular flexibility index (Phi) is 4.82. The standard InChI is InChI=1S/C19H14ClN4O/c20-18-17(14-7-5-12(11-21)6-8-14)23-16(24-18)10-9-13-3-1-2-4-15(13)19(22)25/h1-8,10H,9H2,(H2,22,25)(H,23,24). The van der Waals surface area contributed by atoms with E-state index in [1.165, 1.54) is 0 Å². The number of aromatic amines is 1. The summed E-state index contributed by atoms with van der Waals surface area (Å²) < 4.78 is 0. The molecule has 0 spiro atoms. The Hall–Kier alpha value is -3.10. The first-order valence-electron chi connectivity index (χ1n) is 7.55. The van der Waals surface area contributed by atoms with Gasteiger partial charge in [-0.1, -0.05) is 41.9 Å². The molecule has 3 aromatic rings. The van der Waals surface area contributed by atoms with Crippen LogP contribution in [0.5, 0.6) is 0 Å². The average Bonchev–Trinajstić information content (AvgIpc) is 3.01. The third kappa shape index (κ3) is 3.70. The Morgan fingerprint density at radius 1 is 1.24 bits per heavy atom. The smallest absolute Gasteiger partial charge is 0.248 e. The van der Waals surface area contributed by atoms with Gasteiger partial charge in [-0.05, 0) is 30.2 Å². The van der Waals surface area contributed by atoms with Crippen molar-refractivity contribution in [2.24, 2.45) is 5.73 Å². The predicted octanol–water partition coefficient (Wildman–Crippen LogP) is 3.50. The maximum absolute atomic E-state index is 11.5. The summed E-state index contributed by atoms with van der Waals surface area (Å²) in [7, 11) is 0. The zero-order valence-electron chi connectivity index (χ0n) is 13.2. The number of nitrogens with zero attached hydrogens (tertiary/aromatic N) is 2. The molecule has 0 unspecified atom stereocenters. The highest BCUT2D eigenvalue weighted by atomic mass is 35.5. The molecule has 0 fully saturated rings. The van der Waals surface area contributed by atoms with Crippen molar-refractivity contribution >= 4 is 17.5 Å². The van der Waals surface area contributed by atoms with Crippen molar-refractivity contribution in [1.29, 1.82) is 5.26 Å². The fraction of sp³-hybridized carbons (Fsp3) is 0.0526. The van der Waals surface area contributed by atoms with Crippen LogP contribution in [0.2, 0.25) is 5.15 Å². The van der Waals surface area contributed by atoms with E-state index in [4.69, 9.17) is 22.6 Å². The van der Waals surface area contributed by atoms with Gasteiger partial charge in [0.1, 0.15) is 16.7 Å². The molecular weight excluding hydrogens is 336 g/mol. The summed E-state index contributed by atoms with van der Waals surface area (Å²) in [6, 6.07) is 16.3. The number of nitrogens with one attached hydrogen (secondary N) is 1. The number of aromatic nitrogens is 2. The summed E-state index contributed by atoms with van der Waals surface area (Å²) in [4.78, 5) is 19.0. The third-order valence-electron chi connectivity index (χ3n) is 3.76. The first kappa shape index (κ1) is 16.7. The van der Waals surface area contributed by atoms with Crippen LogP contribution in [0.3, 0.4) is 0 Å². The first-order chi connectivity index (χ1) is 12.1. The zero-order chi connectivity index (χ0) is 17.8. The second-order valence-electron chi connectivity index (χ2n) is 5.40.